The SMILES string of the molecule is CCCCCOc1c(C)c(C)c(OCCCCC)c(C)c1C. The van der Waals surface area contributed by atoms with Crippen molar-refractivity contribution in [1.29, 1.82) is 0 Å². The number of benzene rings is 1. The highest BCUT2D eigenvalue weighted by molar-refractivity contribution is 5.57. The van der Waals surface area contributed by atoms with Crippen LogP contribution in [0.4, 0.5) is 0 Å². The van der Waals surface area contributed by atoms with E-state index in [0.29, 0.717) is 0 Å². The Morgan fingerprint density at radius 3 is 1.14 bits per heavy atom. The predicted octanol–water partition coefficient (Wildman–Crippen LogP) is 6.06. The first kappa shape index (κ1) is 18.9. The summed E-state index contributed by atoms with van der Waals surface area (Å²) in [6.45, 7) is 14.7. The van der Waals surface area contributed by atoms with Crippen LogP contribution in [0.5, 0.6) is 11.5 Å². The molecule has 22 heavy (non-hydrogen) atoms. The van der Waals surface area contributed by atoms with E-state index in [0.717, 1.165) is 37.6 Å². The van der Waals surface area contributed by atoms with Gasteiger partial charge in [-0.05, 0) is 62.8 Å². The predicted molar refractivity (Wildman–Crippen MR) is 95.4 cm³/mol. The summed E-state index contributed by atoms with van der Waals surface area (Å²) in [5.41, 5.74) is 4.91. The van der Waals surface area contributed by atoms with Crippen molar-refractivity contribution in [1.82, 2.24) is 0 Å². The molecule has 0 spiro atoms. The Labute approximate surface area is 137 Å². The molecule has 0 saturated carbocycles. The molecular formula is C20H34O2. The molecule has 0 bridgehead atoms. The largest absolute Gasteiger partial charge is 0.493 e. The second-order valence-electron chi connectivity index (χ2n) is 6.27. The molecule has 0 aliphatic carbocycles. The molecular weight excluding hydrogens is 272 g/mol. The van der Waals surface area contributed by atoms with Gasteiger partial charge in [-0.3, -0.25) is 0 Å². The second-order valence-corrected chi connectivity index (χ2v) is 6.27. The summed E-state index contributed by atoms with van der Waals surface area (Å²) in [6.07, 6.45) is 7.17. The molecule has 0 unspecified atom stereocenters. The number of ether oxygens (including phenoxy) is 2. The standard InChI is InChI=1S/C20H34O2/c1-7-9-11-13-21-19-15(3)17(5)20(18(6)16(19)4)22-14-12-10-8-2/h7-14H2,1-6H3. The van der Waals surface area contributed by atoms with E-state index in [1.165, 1.54) is 47.9 Å². The van der Waals surface area contributed by atoms with Crippen LogP contribution in [0.2, 0.25) is 0 Å². The van der Waals surface area contributed by atoms with E-state index in [2.05, 4.69) is 41.5 Å². The Morgan fingerprint density at radius 1 is 0.545 bits per heavy atom. The molecule has 0 atom stereocenters. The van der Waals surface area contributed by atoms with E-state index in [-0.39, 0.29) is 0 Å². The lowest BCUT2D eigenvalue weighted by Gasteiger charge is -2.21. The van der Waals surface area contributed by atoms with Crippen molar-refractivity contribution in [3.05, 3.63) is 22.3 Å². The lowest BCUT2D eigenvalue weighted by atomic mass is 9.98. The zero-order valence-electron chi connectivity index (χ0n) is 15.5. The van der Waals surface area contributed by atoms with E-state index < -0.39 is 0 Å². The van der Waals surface area contributed by atoms with Gasteiger partial charge in [-0.25, -0.2) is 0 Å². The summed E-state index contributed by atoms with van der Waals surface area (Å²) in [7, 11) is 0. The Morgan fingerprint density at radius 2 is 0.864 bits per heavy atom. The average Bonchev–Trinajstić information content (AvgIpc) is 2.51. The van der Waals surface area contributed by atoms with Gasteiger partial charge in [-0.1, -0.05) is 39.5 Å². The van der Waals surface area contributed by atoms with Crippen molar-refractivity contribution in [2.45, 2.75) is 80.1 Å². The third-order valence-corrected chi connectivity index (χ3v) is 4.48. The third-order valence-electron chi connectivity index (χ3n) is 4.48. The Balaban J connectivity index is 2.85. The molecule has 1 rings (SSSR count). The molecule has 126 valence electrons. The molecule has 0 fully saturated rings. The first-order valence-electron chi connectivity index (χ1n) is 8.90. The third kappa shape index (κ3) is 4.93. The fourth-order valence-corrected chi connectivity index (χ4v) is 2.73. The fourth-order valence-electron chi connectivity index (χ4n) is 2.73. The smallest absolute Gasteiger partial charge is 0.125 e. The van der Waals surface area contributed by atoms with Crippen LogP contribution in [-0.2, 0) is 0 Å². The molecule has 2 nitrogen and oxygen atoms in total. The summed E-state index contributed by atoms with van der Waals surface area (Å²) in [4.78, 5) is 0. The lowest BCUT2D eigenvalue weighted by Crippen LogP contribution is -2.07. The van der Waals surface area contributed by atoms with Crippen molar-refractivity contribution in [3.8, 4) is 11.5 Å². The maximum atomic E-state index is 6.07. The van der Waals surface area contributed by atoms with Gasteiger partial charge in [0.2, 0.25) is 0 Å². The van der Waals surface area contributed by atoms with Crippen LogP contribution >= 0.6 is 0 Å². The highest BCUT2D eigenvalue weighted by atomic mass is 16.5. The number of unbranched alkanes of at least 4 members (excludes halogenated alkanes) is 4. The van der Waals surface area contributed by atoms with Gasteiger partial charge < -0.3 is 9.47 Å². The first-order chi connectivity index (χ1) is 10.5. The maximum Gasteiger partial charge on any atom is 0.125 e. The molecule has 0 aliphatic heterocycles. The van der Waals surface area contributed by atoms with Crippen LogP contribution in [0.15, 0.2) is 0 Å². The van der Waals surface area contributed by atoms with E-state index in [4.69, 9.17) is 9.47 Å². The number of rotatable bonds is 10. The summed E-state index contributed by atoms with van der Waals surface area (Å²) >= 11 is 0. The second kappa shape index (κ2) is 9.76. The molecule has 0 N–H and O–H groups in total. The Bertz CT molecular complexity index is 391. The molecule has 0 heterocycles. The van der Waals surface area contributed by atoms with Crippen LogP contribution < -0.4 is 9.47 Å². The van der Waals surface area contributed by atoms with Crippen molar-refractivity contribution < 1.29 is 9.47 Å². The zero-order valence-corrected chi connectivity index (χ0v) is 15.5. The fraction of sp³-hybridized carbons (Fsp3) is 0.700. The van der Waals surface area contributed by atoms with Crippen LogP contribution in [-0.4, -0.2) is 13.2 Å². The van der Waals surface area contributed by atoms with Gasteiger partial charge in [0.1, 0.15) is 11.5 Å². The summed E-state index contributed by atoms with van der Waals surface area (Å²) in [6, 6.07) is 0. The first-order valence-corrected chi connectivity index (χ1v) is 8.90. The van der Waals surface area contributed by atoms with Crippen LogP contribution in [0.1, 0.15) is 74.6 Å². The molecule has 0 saturated heterocycles. The molecule has 0 radical (unpaired) electrons. The molecule has 1 aromatic carbocycles. The van der Waals surface area contributed by atoms with E-state index in [9.17, 15) is 0 Å². The van der Waals surface area contributed by atoms with Crippen molar-refractivity contribution in [2.24, 2.45) is 0 Å². The van der Waals surface area contributed by atoms with Crippen LogP contribution in [0, 0.1) is 27.7 Å². The van der Waals surface area contributed by atoms with Crippen LogP contribution in [0.3, 0.4) is 0 Å². The zero-order chi connectivity index (χ0) is 16.5. The van der Waals surface area contributed by atoms with E-state index in [1.54, 1.807) is 0 Å². The van der Waals surface area contributed by atoms with E-state index in [1.807, 2.05) is 0 Å². The minimum absolute atomic E-state index is 0.811. The van der Waals surface area contributed by atoms with Crippen molar-refractivity contribution in [2.75, 3.05) is 13.2 Å². The Hall–Kier alpha value is -1.18. The van der Waals surface area contributed by atoms with Gasteiger partial charge in [0.15, 0.2) is 0 Å². The summed E-state index contributed by atoms with van der Waals surface area (Å²) in [5, 5.41) is 0. The van der Waals surface area contributed by atoms with Crippen molar-refractivity contribution >= 4 is 0 Å². The average molecular weight is 306 g/mol. The topological polar surface area (TPSA) is 18.5 Å². The normalized spacial score (nSPS) is 10.8. The Kier molecular flexibility index (Phi) is 8.37. The van der Waals surface area contributed by atoms with Crippen molar-refractivity contribution in [3.63, 3.8) is 0 Å². The van der Waals surface area contributed by atoms with Gasteiger partial charge in [0, 0.05) is 0 Å². The minimum atomic E-state index is 0.811. The molecule has 0 amide bonds. The summed E-state index contributed by atoms with van der Waals surface area (Å²) in [5.74, 6) is 2.12. The minimum Gasteiger partial charge on any atom is -0.493 e. The highest BCUT2D eigenvalue weighted by Gasteiger charge is 2.16. The molecule has 2 heteroatoms. The van der Waals surface area contributed by atoms with Gasteiger partial charge >= 0.3 is 0 Å². The van der Waals surface area contributed by atoms with Gasteiger partial charge in [0.25, 0.3) is 0 Å². The van der Waals surface area contributed by atoms with Gasteiger partial charge in [-0.2, -0.15) is 0 Å². The molecule has 0 aliphatic rings. The quantitative estimate of drug-likeness (QED) is 0.489. The van der Waals surface area contributed by atoms with Crippen LogP contribution in [0.25, 0.3) is 0 Å². The van der Waals surface area contributed by atoms with Gasteiger partial charge in [-0.15, -0.1) is 0 Å². The lowest BCUT2D eigenvalue weighted by molar-refractivity contribution is 0.291. The maximum absolute atomic E-state index is 6.07. The van der Waals surface area contributed by atoms with E-state index >= 15 is 0 Å². The van der Waals surface area contributed by atoms with Gasteiger partial charge in [0.05, 0.1) is 13.2 Å². The monoisotopic (exact) mass is 306 g/mol. The molecule has 0 aromatic heterocycles. The summed E-state index contributed by atoms with van der Waals surface area (Å²) < 4.78 is 12.1. The number of hydrogen-bond acceptors (Lipinski definition) is 2. The highest BCUT2D eigenvalue weighted by Crippen LogP contribution is 2.37. The number of hydrogen-bond donors (Lipinski definition) is 0. The molecule has 1 aromatic rings.